The van der Waals surface area contributed by atoms with Crippen LogP contribution in [0.2, 0.25) is 0 Å². The molecule has 2 rings (SSSR count). The minimum atomic E-state index is 0.290. The van der Waals surface area contributed by atoms with Gasteiger partial charge in [-0.25, -0.2) is 0 Å². The second kappa shape index (κ2) is 5.03. The quantitative estimate of drug-likeness (QED) is 0.794. The second-order valence-corrected chi connectivity index (χ2v) is 5.57. The third kappa shape index (κ3) is 2.27. The van der Waals surface area contributed by atoms with Gasteiger partial charge in [0.25, 0.3) is 0 Å². The third-order valence-corrected chi connectivity index (χ3v) is 4.56. The Labute approximate surface area is 99.3 Å². The van der Waals surface area contributed by atoms with Crippen LogP contribution in [0, 0.1) is 5.92 Å². The summed E-state index contributed by atoms with van der Waals surface area (Å²) in [6, 6.07) is 0. The molecule has 1 saturated heterocycles. The molecule has 2 aliphatic rings. The molecule has 0 aromatic carbocycles. The molecule has 3 atom stereocenters. The molecule has 1 heterocycles. The van der Waals surface area contributed by atoms with Gasteiger partial charge in [-0.1, -0.05) is 13.3 Å². The molecule has 3 unspecified atom stereocenters. The van der Waals surface area contributed by atoms with E-state index in [1.807, 2.05) is 0 Å². The summed E-state index contributed by atoms with van der Waals surface area (Å²) in [6.45, 7) is 8.30. The Kier molecular flexibility index (Phi) is 3.88. The van der Waals surface area contributed by atoms with Gasteiger partial charge in [-0.05, 0) is 32.1 Å². The Hall–Kier alpha value is -0.120. The van der Waals surface area contributed by atoms with E-state index in [0.29, 0.717) is 11.6 Å². The average Bonchev–Trinajstić information content (AvgIpc) is 2.74. The summed E-state index contributed by atoms with van der Waals surface area (Å²) in [5.74, 6) is 0.890. The van der Waals surface area contributed by atoms with Crippen molar-refractivity contribution in [3.05, 3.63) is 0 Å². The molecule has 2 N–H and O–H groups in total. The van der Waals surface area contributed by atoms with Crippen molar-refractivity contribution in [3.8, 4) is 0 Å². The molecule has 0 spiro atoms. The Bertz CT molecular complexity index is 234. The molecule has 0 radical (unpaired) electrons. The topological polar surface area (TPSA) is 38.5 Å². The summed E-state index contributed by atoms with van der Waals surface area (Å²) >= 11 is 0. The summed E-state index contributed by atoms with van der Waals surface area (Å²) in [7, 11) is 0. The van der Waals surface area contributed by atoms with Crippen molar-refractivity contribution in [1.29, 1.82) is 0 Å². The number of rotatable bonds is 3. The van der Waals surface area contributed by atoms with Crippen molar-refractivity contribution in [2.45, 2.75) is 51.2 Å². The summed E-state index contributed by atoms with van der Waals surface area (Å²) in [4.78, 5) is 2.61. The maximum Gasteiger partial charge on any atom is 0.0674 e. The SMILES string of the molecule is CCC1CCC(CN)(N2CCOC(C)C2)C1. The van der Waals surface area contributed by atoms with Gasteiger partial charge in [0.15, 0.2) is 0 Å². The van der Waals surface area contributed by atoms with Crippen LogP contribution in [0.25, 0.3) is 0 Å². The van der Waals surface area contributed by atoms with Crippen LogP contribution in [0.1, 0.15) is 39.5 Å². The predicted octanol–water partition coefficient (Wildman–Crippen LogP) is 1.61. The molecule has 0 bridgehead atoms. The van der Waals surface area contributed by atoms with Gasteiger partial charge in [-0.3, -0.25) is 4.90 Å². The van der Waals surface area contributed by atoms with Crippen molar-refractivity contribution < 1.29 is 4.74 Å². The van der Waals surface area contributed by atoms with Crippen LogP contribution in [0.4, 0.5) is 0 Å². The van der Waals surface area contributed by atoms with Gasteiger partial charge in [0.1, 0.15) is 0 Å². The van der Waals surface area contributed by atoms with Crippen LogP contribution in [-0.4, -0.2) is 42.8 Å². The van der Waals surface area contributed by atoms with Crippen LogP contribution < -0.4 is 5.73 Å². The lowest BCUT2D eigenvalue weighted by atomic mass is 9.92. The zero-order valence-corrected chi connectivity index (χ0v) is 10.7. The molecule has 0 amide bonds. The smallest absolute Gasteiger partial charge is 0.0674 e. The van der Waals surface area contributed by atoms with Crippen LogP contribution >= 0.6 is 0 Å². The molecule has 3 nitrogen and oxygen atoms in total. The highest BCUT2D eigenvalue weighted by atomic mass is 16.5. The van der Waals surface area contributed by atoms with Gasteiger partial charge in [-0.15, -0.1) is 0 Å². The lowest BCUT2D eigenvalue weighted by Crippen LogP contribution is -2.57. The number of nitrogens with zero attached hydrogens (tertiary/aromatic N) is 1. The van der Waals surface area contributed by atoms with E-state index >= 15 is 0 Å². The molecular weight excluding hydrogens is 200 g/mol. The Morgan fingerprint density at radius 1 is 1.50 bits per heavy atom. The first-order valence-electron chi connectivity index (χ1n) is 6.77. The fraction of sp³-hybridized carbons (Fsp3) is 1.00. The van der Waals surface area contributed by atoms with Gasteiger partial charge >= 0.3 is 0 Å². The first-order valence-corrected chi connectivity index (χ1v) is 6.77. The normalized spacial score (nSPS) is 41.4. The number of morpholine rings is 1. The lowest BCUT2D eigenvalue weighted by molar-refractivity contribution is -0.0601. The van der Waals surface area contributed by atoms with Crippen molar-refractivity contribution >= 4 is 0 Å². The van der Waals surface area contributed by atoms with E-state index in [-0.39, 0.29) is 0 Å². The first kappa shape index (κ1) is 12.3. The summed E-state index contributed by atoms with van der Waals surface area (Å²) < 4.78 is 5.63. The number of hydrogen-bond donors (Lipinski definition) is 1. The zero-order valence-electron chi connectivity index (χ0n) is 10.7. The summed E-state index contributed by atoms with van der Waals surface area (Å²) in [5.41, 5.74) is 6.37. The minimum Gasteiger partial charge on any atom is -0.376 e. The molecule has 3 heteroatoms. The molecule has 0 aromatic heterocycles. The van der Waals surface area contributed by atoms with E-state index in [0.717, 1.165) is 32.2 Å². The van der Waals surface area contributed by atoms with E-state index in [9.17, 15) is 0 Å². The van der Waals surface area contributed by atoms with Crippen LogP contribution in [0.15, 0.2) is 0 Å². The van der Waals surface area contributed by atoms with Gasteiger partial charge in [0.05, 0.1) is 12.7 Å². The molecule has 1 aliphatic heterocycles. The number of ether oxygens (including phenoxy) is 1. The fourth-order valence-corrected chi connectivity index (χ4v) is 3.41. The standard InChI is InChI=1S/C13H26N2O/c1-3-12-4-5-13(8-12,10-14)15-6-7-16-11(2)9-15/h11-12H,3-10,14H2,1-2H3. The lowest BCUT2D eigenvalue weighted by Gasteiger charge is -2.44. The maximum atomic E-state index is 6.08. The molecule has 1 saturated carbocycles. The summed E-state index contributed by atoms with van der Waals surface area (Å²) in [6.07, 6.45) is 5.63. The zero-order chi connectivity index (χ0) is 11.6. The Morgan fingerprint density at radius 2 is 2.31 bits per heavy atom. The van der Waals surface area contributed by atoms with E-state index in [4.69, 9.17) is 10.5 Å². The number of hydrogen-bond acceptors (Lipinski definition) is 3. The molecule has 94 valence electrons. The van der Waals surface area contributed by atoms with Crippen molar-refractivity contribution in [2.75, 3.05) is 26.2 Å². The molecule has 0 aromatic rings. The van der Waals surface area contributed by atoms with E-state index in [1.54, 1.807) is 0 Å². The Morgan fingerprint density at radius 3 is 2.88 bits per heavy atom. The van der Waals surface area contributed by atoms with Crippen LogP contribution in [0.5, 0.6) is 0 Å². The van der Waals surface area contributed by atoms with Crippen LogP contribution in [-0.2, 0) is 4.74 Å². The molecule has 1 aliphatic carbocycles. The largest absolute Gasteiger partial charge is 0.376 e. The van der Waals surface area contributed by atoms with Crippen molar-refractivity contribution in [3.63, 3.8) is 0 Å². The third-order valence-electron chi connectivity index (χ3n) is 4.56. The van der Waals surface area contributed by atoms with Crippen molar-refractivity contribution in [2.24, 2.45) is 11.7 Å². The fourth-order valence-electron chi connectivity index (χ4n) is 3.41. The predicted molar refractivity (Wildman–Crippen MR) is 66.4 cm³/mol. The van der Waals surface area contributed by atoms with Crippen LogP contribution in [0.3, 0.4) is 0 Å². The van der Waals surface area contributed by atoms with Crippen molar-refractivity contribution in [1.82, 2.24) is 4.90 Å². The molecular formula is C13H26N2O. The molecule has 2 fully saturated rings. The minimum absolute atomic E-state index is 0.290. The van der Waals surface area contributed by atoms with E-state index in [2.05, 4.69) is 18.7 Å². The highest BCUT2D eigenvalue weighted by molar-refractivity contribution is 4.99. The molecule has 16 heavy (non-hydrogen) atoms. The van der Waals surface area contributed by atoms with Gasteiger partial charge in [0.2, 0.25) is 0 Å². The first-order chi connectivity index (χ1) is 7.70. The number of nitrogens with two attached hydrogens (primary N) is 1. The highest BCUT2D eigenvalue weighted by Crippen LogP contribution is 2.40. The summed E-state index contributed by atoms with van der Waals surface area (Å²) in [5, 5.41) is 0. The van der Waals surface area contributed by atoms with E-state index in [1.165, 1.54) is 25.7 Å². The van der Waals surface area contributed by atoms with E-state index < -0.39 is 0 Å². The average molecular weight is 226 g/mol. The Balaban J connectivity index is 2.03. The highest BCUT2D eigenvalue weighted by Gasteiger charge is 2.43. The van der Waals surface area contributed by atoms with Gasteiger partial charge < -0.3 is 10.5 Å². The van der Waals surface area contributed by atoms with Gasteiger partial charge in [-0.2, -0.15) is 0 Å². The monoisotopic (exact) mass is 226 g/mol. The van der Waals surface area contributed by atoms with Gasteiger partial charge in [0, 0.05) is 25.2 Å². The maximum absolute atomic E-state index is 6.08. The second-order valence-electron chi connectivity index (χ2n) is 5.57.